The summed E-state index contributed by atoms with van der Waals surface area (Å²) in [7, 11) is 1.66. The van der Waals surface area contributed by atoms with E-state index in [-0.39, 0.29) is 0 Å². The lowest BCUT2D eigenvalue weighted by Gasteiger charge is -2.05. The molecule has 0 aliphatic rings. The Morgan fingerprint density at radius 1 is 0.885 bits per heavy atom. The van der Waals surface area contributed by atoms with E-state index in [1.165, 1.54) is 5.56 Å². The van der Waals surface area contributed by atoms with Crippen molar-refractivity contribution in [3.63, 3.8) is 0 Å². The Hall–Kier alpha value is -3.47. The Balaban J connectivity index is 1.61. The van der Waals surface area contributed by atoms with Crippen molar-refractivity contribution in [3.05, 3.63) is 84.9 Å². The van der Waals surface area contributed by atoms with Gasteiger partial charge in [0.1, 0.15) is 5.75 Å². The van der Waals surface area contributed by atoms with Gasteiger partial charge in [-0.15, -0.1) is 0 Å². The number of aromatic nitrogens is 4. The maximum absolute atomic E-state index is 5.29. The molecule has 0 atom stereocenters. The van der Waals surface area contributed by atoms with Crippen molar-refractivity contribution in [2.24, 2.45) is 0 Å². The fourth-order valence-corrected chi connectivity index (χ4v) is 2.78. The van der Waals surface area contributed by atoms with E-state index in [0.717, 1.165) is 34.8 Å². The fourth-order valence-electron chi connectivity index (χ4n) is 2.78. The summed E-state index contributed by atoms with van der Waals surface area (Å²) in [4.78, 5) is 9.08. The van der Waals surface area contributed by atoms with Crippen LogP contribution in [0, 0.1) is 0 Å². The van der Waals surface area contributed by atoms with Gasteiger partial charge in [-0.2, -0.15) is 5.10 Å². The van der Waals surface area contributed by atoms with Crippen LogP contribution in [0.5, 0.6) is 5.75 Å². The average molecular weight is 342 g/mol. The van der Waals surface area contributed by atoms with Crippen molar-refractivity contribution in [1.29, 1.82) is 0 Å². The van der Waals surface area contributed by atoms with Crippen LogP contribution >= 0.6 is 0 Å². The molecule has 2 heterocycles. The van der Waals surface area contributed by atoms with Crippen LogP contribution in [-0.4, -0.2) is 26.9 Å². The second kappa shape index (κ2) is 7.19. The molecule has 0 N–H and O–H groups in total. The third kappa shape index (κ3) is 3.47. The van der Waals surface area contributed by atoms with Crippen LogP contribution in [0.15, 0.2) is 79.4 Å². The van der Waals surface area contributed by atoms with Gasteiger partial charge in [-0.05, 0) is 17.7 Å². The Morgan fingerprint density at radius 2 is 1.69 bits per heavy atom. The maximum atomic E-state index is 5.29. The number of hydrogen-bond donors (Lipinski definition) is 0. The summed E-state index contributed by atoms with van der Waals surface area (Å²) in [6.07, 6.45) is 7.33. The van der Waals surface area contributed by atoms with Gasteiger partial charge in [-0.1, -0.05) is 42.5 Å². The summed E-state index contributed by atoms with van der Waals surface area (Å²) in [6.45, 7) is 0.726. The molecule has 5 nitrogen and oxygen atoms in total. The molecule has 0 saturated carbocycles. The predicted octanol–water partition coefficient (Wildman–Crippen LogP) is 4.06. The zero-order valence-electron chi connectivity index (χ0n) is 14.4. The van der Waals surface area contributed by atoms with Crippen molar-refractivity contribution >= 4 is 0 Å². The molecule has 2 aromatic heterocycles. The smallest absolute Gasteiger partial charge is 0.119 e. The van der Waals surface area contributed by atoms with Crippen molar-refractivity contribution in [2.45, 2.75) is 6.54 Å². The van der Waals surface area contributed by atoms with Crippen LogP contribution in [0.25, 0.3) is 22.5 Å². The SMILES string of the molecule is COc1cccc(-c2cncc(-c3cnn(Cc4ccccc4)c3)n2)c1. The molecular weight excluding hydrogens is 324 g/mol. The lowest BCUT2D eigenvalue weighted by molar-refractivity contribution is 0.415. The highest BCUT2D eigenvalue weighted by molar-refractivity contribution is 5.64. The number of nitrogens with zero attached hydrogens (tertiary/aromatic N) is 4. The number of benzene rings is 2. The largest absolute Gasteiger partial charge is 0.497 e. The van der Waals surface area contributed by atoms with Gasteiger partial charge in [-0.25, -0.2) is 4.98 Å². The van der Waals surface area contributed by atoms with Crippen LogP contribution in [0.2, 0.25) is 0 Å². The summed E-state index contributed by atoms with van der Waals surface area (Å²) >= 11 is 0. The molecule has 128 valence electrons. The normalized spacial score (nSPS) is 10.7. The minimum Gasteiger partial charge on any atom is -0.497 e. The first kappa shape index (κ1) is 16.0. The van der Waals surface area contributed by atoms with E-state index in [9.17, 15) is 0 Å². The van der Waals surface area contributed by atoms with Gasteiger partial charge in [0.25, 0.3) is 0 Å². The highest BCUT2D eigenvalue weighted by Gasteiger charge is 2.08. The first-order chi connectivity index (χ1) is 12.8. The Morgan fingerprint density at radius 3 is 2.50 bits per heavy atom. The van der Waals surface area contributed by atoms with Crippen LogP contribution in [0.3, 0.4) is 0 Å². The third-order valence-corrected chi connectivity index (χ3v) is 4.12. The van der Waals surface area contributed by atoms with Gasteiger partial charge in [-0.3, -0.25) is 9.67 Å². The van der Waals surface area contributed by atoms with E-state index >= 15 is 0 Å². The molecule has 0 bridgehead atoms. The van der Waals surface area contributed by atoms with E-state index < -0.39 is 0 Å². The second-order valence-corrected chi connectivity index (χ2v) is 5.93. The summed E-state index contributed by atoms with van der Waals surface area (Å²) in [5, 5.41) is 4.45. The van der Waals surface area contributed by atoms with Crippen molar-refractivity contribution in [1.82, 2.24) is 19.7 Å². The highest BCUT2D eigenvalue weighted by atomic mass is 16.5. The number of rotatable bonds is 5. The zero-order valence-corrected chi connectivity index (χ0v) is 14.4. The van der Waals surface area contributed by atoms with Gasteiger partial charge in [0.05, 0.1) is 43.6 Å². The molecule has 0 aliphatic heterocycles. The standard InChI is InChI=1S/C21H18N4O/c1-26-19-9-5-8-17(10-19)20-12-22-13-21(24-20)18-11-23-25(15-18)14-16-6-3-2-4-7-16/h2-13,15H,14H2,1H3. The molecular formula is C21H18N4O. The van der Waals surface area contributed by atoms with Gasteiger partial charge >= 0.3 is 0 Å². The molecule has 0 saturated heterocycles. The minimum atomic E-state index is 0.726. The highest BCUT2D eigenvalue weighted by Crippen LogP contribution is 2.24. The molecule has 4 rings (SSSR count). The van der Waals surface area contributed by atoms with Crippen LogP contribution in [0.1, 0.15) is 5.56 Å². The quantitative estimate of drug-likeness (QED) is 0.549. The molecule has 5 heteroatoms. The van der Waals surface area contributed by atoms with Crippen LogP contribution in [-0.2, 0) is 6.54 Å². The summed E-state index contributed by atoms with van der Waals surface area (Å²) in [6, 6.07) is 18.1. The fraction of sp³-hybridized carbons (Fsp3) is 0.0952. The van der Waals surface area contributed by atoms with Crippen molar-refractivity contribution in [2.75, 3.05) is 7.11 Å². The Bertz CT molecular complexity index is 1010. The van der Waals surface area contributed by atoms with E-state index in [1.54, 1.807) is 19.5 Å². The predicted molar refractivity (Wildman–Crippen MR) is 101 cm³/mol. The molecule has 0 fully saturated rings. The van der Waals surface area contributed by atoms with E-state index in [0.29, 0.717) is 0 Å². The molecule has 0 spiro atoms. The Kier molecular flexibility index (Phi) is 4.43. The zero-order chi connectivity index (χ0) is 17.8. The summed E-state index contributed by atoms with van der Waals surface area (Å²) in [5.74, 6) is 0.797. The molecule has 0 amide bonds. The number of ether oxygens (including phenoxy) is 1. The van der Waals surface area contributed by atoms with Crippen LogP contribution < -0.4 is 4.74 Å². The molecule has 0 radical (unpaired) electrons. The number of hydrogen-bond acceptors (Lipinski definition) is 4. The van der Waals surface area contributed by atoms with Gasteiger partial charge < -0.3 is 4.74 Å². The van der Waals surface area contributed by atoms with Gasteiger partial charge in [0, 0.05) is 17.3 Å². The van der Waals surface area contributed by atoms with Crippen molar-refractivity contribution < 1.29 is 4.74 Å². The first-order valence-electron chi connectivity index (χ1n) is 8.35. The number of methoxy groups -OCH3 is 1. The monoisotopic (exact) mass is 342 g/mol. The van der Waals surface area contributed by atoms with E-state index in [4.69, 9.17) is 9.72 Å². The topological polar surface area (TPSA) is 52.8 Å². The summed E-state index contributed by atoms with van der Waals surface area (Å²) in [5.41, 5.74) is 4.72. The summed E-state index contributed by atoms with van der Waals surface area (Å²) < 4.78 is 7.20. The maximum Gasteiger partial charge on any atom is 0.119 e. The average Bonchev–Trinajstić information content (AvgIpc) is 3.17. The molecule has 26 heavy (non-hydrogen) atoms. The lowest BCUT2D eigenvalue weighted by Crippen LogP contribution is -1.99. The van der Waals surface area contributed by atoms with Crippen LogP contribution in [0.4, 0.5) is 0 Å². The minimum absolute atomic E-state index is 0.726. The molecule has 4 aromatic rings. The van der Waals surface area contributed by atoms with Crippen molar-refractivity contribution in [3.8, 4) is 28.3 Å². The Labute approximate surface area is 151 Å². The lowest BCUT2D eigenvalue weighted by atomic mass is 10.1. The molecule has 2 aromatic carbocycles. The van der Waals surface area contributed by atoms with E-state index in [1.807, 2.05) is 59.5 Å². The van der Waals surface area contributed by atoms with Gasteiger partial charge in [0.15, 0.2) is 0 Å². The van der Waals surface area contributed by atoms with Gasteiger partial charge in [0.2, 0.25) is 0 Å². The first-order valence-corrected chi connectivity index (χ1v) is 8.35. The molecule has 0 unspecified atom stereocenters. The third-order valence-electron chi connectivity index (χ3n) is 4.12. The second-order valence-electron chi connectivity index (χ2n) is 5.93. The molecule has 0 aliphatic carbocycles. The van der Waals surface area contributed by atoms with E-state index in [2.05, 4.69) is 22.2 Å².